The van der Waals surface area contributed by atoms with Crippen LogP contribution in [-0.2, 0) is 37.9 Å². The van der Waals surface area contributed by atoms with Gasteiger partial charge in [-0.1, -0.05) is 59.1 Å². The van der Waals surface area contributed by atoms with E-state index in [9.17, 15) is 26.0 Å². The summed E-state index contributed by atoms with van der Waals surface area (Å²) < 4.78 is 69.6. The number of rotatable bonds is 8. The maximum atomic E-state index is 13.7. The predicted molar refractivity (Wildman–Crippen MR) is 146 cm³/mol. The Morgan fingerprint density at radius 2 is 1.41 bits per heavy atom. The van der Waals surface area contributed by atoms with E-state index in [1.807, 2.05) is 0 Å². The SMILES string of the molecule is NCc1cccc(CNC(=O)C2N(S(=O)(=O)c3ccc(F)c(Cl)c3)CCN2S(=O)(=O)c2ccc(Cl)c(Cl)c2)c1. The lowest BCUT2D eigenvalue weighted by atomic mass is 10.1. The lowest BCUT2D eigenvalue weighted by Crippen LogP contribution is -2.53. The van der Waals surface area contributed by atoms with Crippen LogP contribution in [0, 0.1) is 5.82 Å². The molecule has 1 amide bonds. The van der Waals surface area contributed by atoms with Crippen LogP contribution in [0.25, 0.3) is 0 Å². The van der Waals surface area contributed by atoms with Gasteiger partial charge in [0.25, 0.3) is 5.91 Å². The van der Waals surface area contributed by atoms with E-state index >= 15 is 0 Å². The number of carbonyl (C=O) groups is 1. The fourth-order valence-electron chi connectivity index (χ4n) is 4.04. The topological polar surface area (TPSA) is 130 Å². The van der Waals surface area contributed by atoms with Crippen molar-refractivity contribution in [3.8, 4) is 0 Å². The third-order valence-corrected chi connectivity index (χ3v) is 10.7. The molecule has 15 heteroatoms. The molecule has 1 unspecified atom stereocenters. The number of nitrogens with zero attached hydrogens (tertiary/aromatic N) is 2. The van der Waals surface area contributed by atoms with E-state index in [0.29, 0.717) is 5.56 Å². The van der Waals surface area contributed by atoms with Gasteiger partial charge in [-0.15, -0.1) is 0 Å². The summed E-state index contributed by atoms with van der Waals surface area (Å²) in [6, 6.07) is 13.4. The van der Waals surface area contributed by atoms with E-state index in [-0.39, 0.29) is 41.1 Å². The minimum Gasteiger partial charge on any atom is -0.349 e. The van der Waals surface area contributed by atoms with Gasteiger partial charge in [0.15, 0.2) is 6.17 Å². The number of benzene rings is 3. The molecule has 208 valence electrons. The van der Waals surface area contributed by atoms with Gasteiger partial charge < -0.3 is 11.1 Å². The highest BCUT2D eigenvalue weighted by Gasteiger charge is 2.49. The predicted octanol–water partition coefficient (Wildman–Crippen LogP) is 3.58. The molecular formula is C24H22Cl3FN4O5S2. The lowest BCUT2D eigenvalue weighted by molar-refractivity contribution is -0.126. The molecule has 1 aliphatic rings. The number of halogens is 4. The molecule has 3 aromatic carbocycles. The number of hydrogen-bond acceptors (Lipinski definition) is 6. The first-order valence-electron chi connectivity index (χ1n) is 11.4. The minimum absolute atomic E-state index is 0.0277. The zero-order valence-electron chi connectivity index (χ0n) is 20.0. The second-order valence-electron chi connectivity index (χ2n) is 8.50. The first-order chi connectivity index (χ1) is 18.4. The Balaban J connectivity index is 1.73. The molecule has 1 heterocycles. The molecule has 1 saturated heterocycles. The highest BCUT2D eigenvalue weighted by molar-refractivity contribution is 7.90. The standard InChI is InChI=1S/C24H22Cl3FN4O5S2/c25-19-6-4-17(11-20(19)26)38(34,35)31-8-9-32(39(36,37)18-5-7-22(28)21(27)12-18)24(31)23(33)30-14-16-3-1-2-15(10-16)13-29/h1-7,10-12,24H,8-9,13-14,29H2,(H,30,33). The minimum atomic E-state index is -4.50. The van der Waals surface area contributed by atoms with Crippen LogP contribution in [0.15, 0.2) is 70.5 Å². The number of sulfonamides is 2. The van der Waals surface area contributed by atoms with Crippen LogP contribution in [0.2, 0.25) is 15.1 Å². The first-order valence-corrected chi connectivity index (χ1v) is 15.4. The molecule has 0 aromatic heterocycles. The first kappa shape index (κ1) is 29.7. The van der Waals surface area contributed by atoms with Gasteiger partial charge in [-0.25, -0.2) is 21.2 Å². The maximum absolute atomic E-state index is 13.7. The summed E-state index contributed by atoms with van der Waals surface area (Å²) in [5, 5.41) is 2.24. The molecule has 0 spiro atoms. The zero-order chi connectivity index (χ0) is 28.5. The van der Waals surface area contributed by atoms with E-state index in [1.165, 1.54) is 12.1 Å². The normalized spacial score (nSPS) is 16.9. The molecule has 1 atom stereocenters. The Morgan fingerprint density at radius 1 is 0.846 bits per heavy atom. The highest BCUT2D eigenvalue weighted by Crippen LogP contribution is 2.33. The van der Waals surface area contributed by atoms with Gasteiger partial charge in [0.1, 0.15) is 5.82 Å². The Bertz CT molecular complexity index is 1550. The van der Waals surface area contributed by atoms with E-state index < -0.39 is 47.9 Å². The van der Waals surface area contributed by atoms with Crippen molar-refractivity contribution in [3.63, 3.8) is 0 Å². The molecule has 9 nitrogen and oxygen atoms in total. The molecule has 0 bridgehead atoms. The largest absolute Gasteiger partial charge is 0.349 e. The molecule has 0 radical (unpaired) electrons. The van der Waals surface area contributed by atoms with Crippen molar-refractivity contribution >= 4 is 60.8 Å². The molecule has 39 heavy (non-hydrogen) atoms. The van der Waals surface area contributed by atoms with Crippen LogP contribution in [0.4, 0.5) is 4.39 Å². The average molecular weight is 636 g/mol. The van der Waals surface area contributed by atoms with E-state index in [2.05, 4.69) is 5.32 Å². The molecular weight excluding hydrogens is 614 g/mol. The van der Waals surface area contributed by atoms with Gasteiger partial charge in [-0.05, 0) is 47.5 Å². The van der Waals surface area contributed by atoms with E-state index in [4.69, 9.17) is 40.5 Å². The molecule has 1 aliphatic heterocycles. The van der Waals surface area contributed by atoms with E-state index in [1.54, 1.807) is 24.3 Å². The zero-order valence-corrected chi connectivity index (χ0v) is 23.9. The maximum Gasteiger partial charge on any atom is 0.254 e. The van der Waals surface area contributed by atoms with Crippen molar-refractivity contribution in [3.05, 3.63) is 92.7 Å². The number of nitrogens with one attached hydrogen (secondary N) is 1. The summed E-state index contributed by atoms with van der Waals surface area (Å²) in [6.45, 7) is -0.470. The van der Waals surface area contributed by atoms with Crippen LogP contribution in [-0.4, -0.2) is 50.6 Å². The van der Waals surface area contributed by atoms with Crippen molar-refractivity contribution in [1.29, 1.82) is 0 Å². The summed E-state index contributed by atoms with van der Waals surface area (Å²) in [5.74, 6) is -1.74. The van der Waals surface area contributed by atoms with Gasteiger partial charge in [-0.3, -0.25) is 4.79 Å². The van der Waals surface area contributed by atoms with Crippen molar-refractivity contribution in [1.82, 2.24) is 13.9 Å². The molecule has 4 rings (SSSR count). The monoisotopic (exact) mass is 634 g/mol. The number of carbonyl (C=O) groups excluding carboxylic acids is 1. The highest BCUT2D eigenvalue weighted by atomic mass is 35.5. The van der Waals surface area contributed by atoms with Gasteiger partial charge in [0.05, 0.1) is 24.9 Å². The number of hydrogen-bond donors (Lipinski definition) is 2. The van der Waals surface area contributed by atoms with Gasteiger partial charge >= 0.3 is 0 Å². The Kier molecular flexibility index (Phi) is 8.89. The van der Waals surface area contributed by atoms with Gasteiger partial charge in [-0.2, -0.15) is 8.61 Å². The summed E-state index contributed by atoms with van der Waals surface area (Å²) >= 11 is 17.8. The van der Waals surface area contributed by atoms with Gasteiger partial charge in [0, 0.05) is 26.2 Å². The second-order valence-corrected chi connectivity index (χ2v) is 13.5. The Hall–Kier alpha value is -2.29. The molecule has 0 aliphatic carbocycles. The van der Waals surface area contributed by atoms with Gasteiger partial charge in [0.2, 0.25) is 20.0 Å². The second kappa shape index (κ2) is 11.7. The molecule has 1 fully saturated rings. The Labute approximate surface area is 240 Å². The average Bonchev–Trinajstić information content (AvgIpc) is 3.38. The van der Waals surface area contributed by atoms with Crippen LogP contribution in [0.3, 0.4) is 0 Å². The lowest BCUT2D eigenvalue weighted by Gasteiger charge is -2.28. The van der Waals surface area contributed by atoms with Crippen LogP contribution >= 0.6 is 34.8 Å². The van der Waals surface area contributed by atoms with Crippen molar-refractivity contribution < 1.29 is 26.0 Å². The number of amides is 1. The summed E-state index contributed by atoms with van der Waals surface area (Å²) in [6.07, 6.45) is -1.81. The van der Waals surface area contributed by atoms with Crippen LogP contribution < -0.4 is 11.1 Å². The Morgan fingerprint density at radius 3 is 1.97 bits per heavy atom. The smallest absolute Gasteiger partial charge is 0.254 e. The molecule has 3 N–H and O–H groups in total. The molecule has 0 saturated carbocycles. The van der Waals surface area contributed by atoms with E-state index in [0.717, 1.165) is 38.4 Å². The third kappa shape index (κ3) is 6.08. The fraction of sp³-hybridized carbons (Fsp3) is 0.208. The van der Waals surface area contributed by atoms with Crippen LogP contribution in [0.1, 0.15) is 11.1 Å². The van der Waals surface area contributed by atoms with Crippen molar-refractivity contribution in [2.45, 2.75) is 29.0 Å². The van der Waals surface area contributed by atoms with Crippen molar-refractivity contribution in [2.75, 3.05) is 13.1 Å². The number of nitrogens with two attached hydrogens (primary N) is 1. The molecule has 3 aromatic rings. The van der Waals surface area contributed by atoms with Crippen molar-refractivity contribution in [2.24, 2.45) is 5.73 Å². The quantitative estimate of drug-likeness (QED) is 0.389. The fourth-order valence-corrected chi connectivity index (χ4v) is 7.85. The summed E-state index contributed by atoms with van der Waals surface area (Å²) in [5.41, 5.74) is 7.15. The van der Waals surface area contributed by atoms with Crippen LogP contribution in [0.5, 0.6) is 0 Å². The summed E-state index contributed by atoms with van der Waals surface area (Å²) in [4.78, 5) is 12.8. The summed E-state index contributed by atoms with van der Waals surface area (Å²) in [7, 11) is -8.94. The third-order valence-electron chi connectivity index (χ3n) is 6.01.